The first kappa shape index (κ1) is 22.8. The van der Waals surface area contributed by atoms with Gasteiger partial charge >= 0.3 is 0 Å². The molecule has 1 amide bonds. The van der Waals surface area contributed by atoms with Crippen molar-refractivity contribution in [1.82, 2.24) is 10.1 Å². The summed E-state index contributed by atoms with van der Waals surface area (Å²) in [7, 11) is 1.59. The third kappa shape index (κ3) is 5.85. The molecule has 0 unspecified atom stereocenters. The van der Waals surface area contributed by atoms with Crippen LogP contribution in [-0.2, 0) is 11.2 Å². The number of halogens is 1. The van der Waals surface area contributed by atoms with Crippen molar-refractivity contribution in [1.29, 1.82) is 0 Å². The highest BCUT2D eigenvalue weighted by Crippen LogP contribution is 2.39. The van der Waals surface area contributed by atoms with E-state index in [0.717, 1.165) is 26.9 Å². The molecule has 0 bridgehead atoms. The minimum atomic E-state index is -0.0334. The number of hydrogen-bond donors (Lipinski definition) is 1. The van der Waals surface area contributed by atoms with Gasteiger partial charge in [0.25, 0.3) is 0 Å². The highest BCUT2D eigenvalue weighted by molar-refractivity contribution is 9.10. The van der Waals surface area contributed by atoms with Crippen LogP contribution in [0.25, 0.3) is 11.4 Å². The first-order valence-corrected chi connectivity index (χ1v) is 10.9. The number of ether oxygens (including phenoxy) is 2. The monoisotopic (exact) mass is 487 g/mol. The maximum atomic E-state index is 12.3. The van der Waals surface area contributed by atoms with Crippen molar-refractivity contribution in [2.45, 2.75) is 40.0 Å². The first-order chi connectivity index (χ1) is 14.9. The van der Waals surface area contributed by atoms with Gasteiger partial charge in [-0.3, -0.25) is 4.79 Å². The van der Waals surface area contributed by atoms with Crippen LogP contribution in [0.5, 0.6) is 11.5 Å². The normalized spacial score (nSPS) is 10.7. The largest absolute Gasteiger partial charge is 0.492 e. The Bertz CT molecular complexity index is 1060. The van der Waals surface area contributed by atoms with Gasteiger partial charge < -0.3 is 19.3 Å². The zero-order valence-corrected chi connectivity index (χ0v) is 19.7. The summed E-state index contributed by atoms with van der Waals surface area (Å²) in [6.07, 6.45) is 1.49. The smallest absolute Gasteiger partial charge is 0.226 e. The van der Waals surface area contributed by atoms with Crippen LogP contribution in [0.2, 0.25) is 0 Å². The van der Waals surface area contributed by atoms with E-state index in [9.17, 15) is 4.79 Å². The van der Waals surface area contributed by atoms with E-state index in [-0.39, 0.29) is 5.91 Å². The predicted octanol–water partition coefficient (Wildman–Crippen LogP) is 5.48. The highest BCUT2D eigenvalue weighted by atomic mass is 79.9. The first-order valence-electron chi connectivity index (χ1n) is 10.1. The van der Waals surface area contributed by atoms with E-state index in [2.05, 4.69) is 31.4 Å². The fourth-order valence-electron chi connectivity index (χ4n) is 3.12. The molecule has 3 aromatic rings. The second-order valence-electron chi connectivity index (χ2n) is 7.15. The van der Waals surface area contributed by atoms with Gasteiger partial charge in [0.05, 0.1) is 18.2 Å². The SMILES string of the molecule is CCOc1cc(-c2noc(CCCC(=O)Nc3cc(C)ccc3C)n2)cc(Br)c1OC. The highest BCUT2D eigenvalue weighted by Gasteiger charge is 2.16. The molecule has 0 aliphatic carbocycles. The summed E-state index contributed by atoms with van der Waals surface area (Å²) in [5, 5.41) is 7.03. The number of nitrogens with one attached hydrogen (secondary N) is 1. The molecule has 8 heteroatoms. The zero-order chi connectivity index (χ0) is 22.4. The molecule has 0 aliphatic rings. The number of rotatable bonds is 9. The second-order valence-corrected chi connectivity index (χ2v) is 8.01. The number of methoxy groups -OCH3 is 1. The lowest BCUT2D eigenvalue weighted by molar-refractivity contribution is -0.116. The third-order valence-electron chi connectivity index (χ3n) is 4.70. The molecule has 1 N–H and O–H groups in total. The van der Waals surface area contributed by atoms with Gasteiger partial charge in [-0.1, -0.05) is 17.3 Å². The van der Waals surface area contributed by atoms with Crippen LogP contribution >= 0.6 is 15.9 Å². The molecule has 0 atom stereocenters. The summed E-state index contributed by atoms with van der Waals surface area (Å²) >= 11 is 3.49. The minimum Gasteiger partial charge on any atom is -0.492 e. The number of aryl methyl sites for hydroxylation is 3. The molecule has 3 rings (SSSR count). The molecule has 31 heavy (non-hydrogen) atoms. The molecule has 0 fully saturated rings. The number of carbonyl (C=O) groups is 1. The average molecular weight is 488 g/mol. The summed E-state index contributed by atoms with van der Waals surface area (Å²) in [6.45, 7) is 6.39. The van der Waals surface area contributed by atoms with Crippen LogP contribution in [0.3, 0.4) is 0 Å². The Labute approximate surface area is 190 Å². The number of benzene rings is 2. The van der Waals surface area contributed by atoms with Gasteiger partial charge in [0.2, 0.25) is 17.6 Å². The van der Waals surface area contributed by atoms with Crippen LogP contribution in [0, 0.1) is 13.8 Å². The van der Waals surface area contributed by atoms with Gasteiger partial charge in [-0.05, 0) is 72.4 Å². The van der Waals surface area contributed by atoms with Crippen molar-refractivity contribution < 1.29 is 18.8 Å². The molecular formula is C23H26BrN3O4. The van der Waals surface area contributed by atoms with E-state index in [0.29, 0.717) is 49.1 Å². The number of amides is 1. The summed E-state index contributed by atoms with van der Waals surface area (Å²) in [5.41, 5.74) is 3.74. The molecule has 0 aliphatic heterocycles. The van der Waals surface area contributed by atoms with Gasteiger partial charge in [-0.25, -0.2) is 0 Å². The van der Waals surface area contributed by atoms with E-state index in [4.69, 9.17) is 14.0 Å². The lowest BCUT2D eigenvalue weighted by Crippen LogP contribution is -2.12. The van der Waals surface area contributed by atoms with Crippen molar-refractivity contribution in [2.75, 3.05) is 19.0 Å². The van der Waals surface area contributed by atoms with Crippen LogP contribution in [-0.4, -0.2) is 29.8 Å². The molecule has 7 nitrogen and oxygen atoms in total. The van der Waals surface area contributed by atoms with Crippen molar-refractivity contribution in [3.63, 3.8) is 0 Å². The third-order valence-corrected chi connectivity index (χ3v) is 5.29. The predicted molar refractivity (Wildman–Crippen MR) is 123 cm³/mol. The van der Waals surface area contributed by atoms with Crippen LogP contribution < -0.4 is 14.8 Å². The van der Waals surface area contributed by atoms with Crippen LogP contribution in [0.1, 0.15) is 36.8 Å². The molecule has 164 valence electrons. The Hall–Kier alpha value is -2.87. The number of nitrogens with zero attached hydrogens (tertiary/aromatic N) is 2. The van der Waals surface area contributed by atoms with Gasteiger partial charge in [0.15, 0.2) is 11.5 Å². The molecular weight excluding hydrogens is 462 g/mol. The molecule has 0 radical (unpaired) electrons. The maximum Gasteiger partial charge on any atom is 0.226 e. The Kier molecular flexibility index (Phi) is 7.68. The summed E-state index contributed by atoms with van der Waals surface area (Å²) in [6, 6.07) is 9.67. The van der Waals surface area contributed by atoms with E-state index in [1.807, 2.05) is 51.1 Å². The molecule has 0 saturated carbocycles. The van der Waals surface area contributed by atoms with Crippen LogP contribution in [0.4, 0.5) is 5.69 Å². The zero-order valence-electron chi connectivity index (χ0n) is 18.1. The molecule has 1 aromatic heterocycles. The summed E-state index contributed by atoms with van der Waals surface area (Å²) in [5.74, 6) is 2.13. The molecule has 0 saturated heterocycles. The lowest BCUT2D eigenvalue weighted by Gasteiger charge is -2.12. The van der Waals surface area contributed by atoms with E-state index in [1.54, 1.807) is 7.11 Å². The minimum absolute atomic E-state index is 0.0334. The maximum absolute atomic E-state index is 12.3. The fraction of sp³-hybridized carbons (Fsp3) is 0.348. The van der Waals surface area contributed by atoms with Crippen molar-refractivity contribution in [3.05, 3.63) is 51.8 Å². The summed E-state index contributed by atoms with van der Waals surface area (Å²) < 4.78 is 17.1. The van der Waals surface area contributed by atoms with E-state index < -0.39 is 0 Å². The quantitative estimate of drug-likeness (QED) is 0.429. The van der Waals surface area contributed by atoms with Crippen molar-refractivity contribution in [2.24, 2.45) is 0 Å². The van der Waals surface area contributed by atoms with Gasteiger partial charge in [0, 0.05) is 24.1 Å². The number of anilines is 1. The Morgan fingerprint density at radius 3 is 2.77 bits per heavy atom. The second kappa shape index (κ2) is 10.4. The Morgan fingerprint density at radius 2 is 2.03 bits per heavy atom. The topological polar surface area (TPSA) is 86.5 Å². The molecule has 2 aromatic carbocycles. The van der Waals surface area contributed by atoms with Gasteiger partial charge in [-0.15, -0.1) is 0 Å². The number of aromatic nitrogens is 2. The average Bonchev–Trinajstić information content (AvgIpc) is 3.20. The van der Waals surface area contributed by atoms with Gasteiger partial charge in [0.1, 0.15) is 0 Å². The number of hydrogen-bond acceptors (Lipinski definition) is 6. The van der Waals surface area contributed by atoms with Gasteiger partial charge in [-0.2, -0.15) is 4.98 Å². The fourth-order valence-corrected chi connectivity index (χ4v) is 3.72. The lowest BCUT2D eigenvalue weighted by atomic mass is 10.1. The molecule has 0 spiro atoms. The van der Waals surface area contributed by atoms with E-state index >= 15 is 0 Å². The molecule has 1 heterocycles. The van der Waals surface area contributed by atoms with E-state index in [1.165, 1.54) is 0 Å². The van der Waals surface area contributed by atoms with Crippen molar-refractivity contribution >= 4 is 27.5 Å². The standard InChI is InChI=1S/C23H26BrN3O4/c1-5-30-19-13-16(12-17(24)22(19)29-4)23-26-21(31-27-23)8-6-7-20(28)25-18-11-14(2)9-10-15(18)3/h9-13H,5-8H2,1-4H3,(H,25,28). The van der Waals surface area contributed by atoms with Crippen LogP contribution in [0.15, 0.2) is 39.3 Å². The Morgan fingerprint density at radius 1 is 1.23 bits per heavy atom. The summed E-state index contributed by atoms with van der Waals surface area (Å²) in [4.78, 5) is 16.7. The van der Waals surface area contributed by atoms with Crippen molar-refractivity contribution in [3.8, 4) is 22.9 Å². The Balaban J connectivity index is 1.60. The number of carbonyl (C=O) groups excluding carboxylic acids is 1.